The van der Waals surface area contributed by atoms with Gasteiger partial charge in [0.05, 0.1) is 6.04 Å². The minimum atomic E-state index is -0.118. The predicted molar refractivity (Wildman–Crippen MR) is 84.4 cm³/mol. The van der Waals surface area contributed by atoms with Gasteiger partial charge in [0, 0.05) is 24.4 Å². The lowest BCUT2D eigenvalue weighted by Gasteiger charge is -2.15. The zero-order valence-electron chi connectivity index (χ0n) is 12.0. The van der Waals surface area contributed by atoms with Crippen LogP contribution in [0.2, 0.25) is 0 Å². The van der Waals surface area contributed by atoms with Crippen LogP contribution in [0.25, 0.3) is 0 Å². The average Bonchev–Trinajstić information content (AvgIpc) is 3.17. The van der Waals surface area contributed by atoms with Gasteiger partial charge in [-0.05, 0) is 18.9 Å². The molecule has 1 aromatic carbocycles. The van der Waals surface area contributed by atoms with Crippen molar-refractivity contribution < 1.29 is 4.79 Å². The van der Waals surface area contributed by atoms with Crippen molar-refractivity contribution >= 4 is 17.2 Å². The van der Waals surface area contributed by atoms with Crippen molar-refractivity contribution in [3.8, 4) is 0 Å². The lowest BCUT2D eigenvalue weighted by molar-refractivity contribution is 0.0785. The van der Waals surface area contributed by atoms with E-state index < -0.39 is 0 Å². The van der Waals surface area contributed by atoms with Crippen molar-refractivity contribution in [3.05, 3.63) is 52.0 Å². The maximum absolute atomic E-state index is 12.5. The number of benzene rings is 1. The number of hydrogen-bond donors (Lipinski definition) is 1. The van der Waals surface area contributed by atoms with E-state index in [2.05, 4.69) is 29.2 Å². The molecule has 0 bridgehead atoms. The Morgan fingerprint density at radius 2 is 2.19 bits per heavy atom. The number of carbonyl (C=O) groups excluding carboxylic acids is 1. The lowest BCUT2D eigenvalue weighted by Crippen LogP contribution is -2.28. The first-order valence-electron chi connectivity index (χ1n) is 7.20. The third-order valence-corrected chi connectivity index (χ3v) is 4.92. The van der Waals surface area contributed by atoms with Crippen LogP contribution in [-0.2, 0) is 0 Å². The molecule has 0 aliphatic carbocycles. The van der Waals surface area contributed by atoms with E-state index in [-0.39, 0.29) is 11.9 Å². The fourth-order valence-corrected chi connectivity index (χ4v) is 3.45. The monoisotopic (exact) mass is 301 g/mol. The second kappa shape index (κ2) is 5.95. The Morgan fingerprint density at radius 1 is 1.43 bits per heavy atom. The number of amides is 1. The van der Waals surface area contributed by atoms with Gasteiger partial charge in [0.1, 0.15) is 10.7 Å². The van der Waals surface area contributed by atoms with Gasteiger partial charge in [0.2, 0.25) is 0 Å². The summed E-state index contributed by atoms with van der Waals surface area (Å²) < 4.78 is 0. The van der Waals surface area contributed by atoms with Crippen LogP contribution >= 0.6 is 11.3 Å². The summed E-state index contributed by atoms with van der Waals surface area (Å²) in [5.74, 6) is 0.457. The summed E-state index contributed by atoms with van der Waals surface area (Å²) in [6.07, 6.45) is 1.01. The van der Waals surface area contributed by atoms with E-state index >= 15 is 0 Å². The van der Waals surface area contributed by atoms with Gasteiger partial charge in [-0.2, -0.15) is 0 Å². The van der Waals surface area contributed by atoms with E-state index in [1.54, 1.807) is 0 Å². The second-order valence-corrected chi connectivity index (χ2v) is 6.40. The van der Waals surface area contributed by atoms with E-state index in [0.717, 1.165) is 24.5 Å². The summed E-state index contributed by atoms with van der Waals surface area (Å²) >= 11 is 1.46. The standard InChI is InChI=1S/C16H19N3OS/c1-11(17)15-18-14(10-21-15)16(20)19-8-7-13(9-19)12-5-3-2-4-6-12/h2-6,10-11,13H,7-9,17H2,1H3. The summed E-state index contributed by atoms with van der Waals surface area (Å²) in [5.41, 5.74) is 7.64. The minimum absolute atomic E-state index is 0.0246. The van der Waals surface area contributed by atoms with E-state index in [1.165, 1.54) is 16.9 Å². The van der Waals surface area contributed by atoms with Crippen molar-refractivity contribution in [2.75, 3.05) is 13.1 Å². The van der Waals surface area contributed by atoms with Crippen LogP contribution < -0.4 is 5.73 Å². The molecule has 2 heterocycles. The normalized spacial score (nSPS) is 19.7. The number of hydrogen-bond acceptors (Lipinski definition) is 4. The highest BCUT2D eigenvalue weighted by Gasteiger charge is 2.29. The van der Waals surface area contributed by atoms with E-state index in [9.17, 15) is 4.79 Å². The largest absolute Gasteiger partial charge is 0.337 e. The Labute approximate surface area is 128 Å². The summed E-state index contributed by atoms with van der Waals surface area (Å²) in [6.45, 7) is 3.45. The average molecular weight is 301 g/mol. The minimum Gasteiger partial charge on any atom is -0.337 e. The number of nitrogens with zero attached hydrogens (tertiary/aromatic N) is 2. The molecule has 0 radical (unpaired) electrons. The number of carbonyl (C=O) groups is 1. The molecule has 2 unspecified atom stereocenters. The number of thiazole rings is 1. The fourth-order valence-electron chi connectivity index (χ4n) is 2.70. The molecule has 1 aliphatic heterocycles. The van der Waals surface area contributed by atoms with Crippen molar-refractivity contribution in [1.82, 2.24) is 9.88 Å². The molecule has 2 atom stereocenters. The molecule has 1 aromatic heterocycles. The molecule has 1 aliphatic rings. The maximum atomic E-state index is 12.5. The summed E-state index contributed by atoms with van der Waals surface area (Å²) in [5, 5.41) is 2.63. The Morgan fingerprint density at radius 3 is 2.86 bits per heavy atom. The highest BCUT2D eigenvalue weighted by molar-refractivity contribution is 7.09. The summed E-state index contributed by atoms with van der Waals surface area (Å²) in [6, 6.07) is 10.3. The highest BCUT2D eigenvalue weighted by Crippen LogP contribution is 2.28. The van der Waals surface area contributed by atoms with Gasteiger partial charge in [0.15, 0.2) is 0 Å². The van der Waals surface area contributed by atoms with Gasteiger partial charge in [-0.1, -0.05) is 30.3 Å². The quantitative estimate of drug-likeness (QED) is 0.948. The first-order chi connectivity index (χ1) is 10.1. The summed E-state index contributed by atoms with van der Waals surface area (Å²) in [7, 11) is 0. The molecular formula is C16H19N3OS. The molecule has 4 nitrogen and oxygen atoms in total. The smallest absolute Gasteiger partial charge is 0.273 e. The first-order valence-corrected chi connectivity index (χ1v) is 8.08. The van der Waals surface area contributed by atoms with E-state index in [1.807, 2.05) is 23.3 Å². The SMILES string of the molecule is CC(N)c1nc(C(=O)N2CCC(c3ccccc3)C2)cs1. The van der Waals surface area contributed by atoms with Crippen molar-refractivity contribution in [1.29, 1.82) is 0 Å². The number of rotatable bonds is 3. The maximum Gasteiger partial charge on any atom is 0.273 e. The van der Waals surface area contributed by atoms with Crippen molar-refractivity contribution in [3.63, 3.8) is 0 Å². The molecule has 2 N–H and O–H groups in total. The van der Waals surface area contributed by atoms with Gasteiger partial charge in [-0.25, -0.2) is 4.98 Å². The van der Waals surface area contributed by atoms with Gasteiger partial charge >= 0.3 is 0 Å². The second-order valence-electron chi connectivity index (χ2n) is 5.51. The Kier molecular flexibility index (Phi) is 4.03. The zero-order valence-corrected chi connectivity index (χ0v) is 12.8. The van der Waals surface area contributed by atoms with Gasteiger partial charge in [0.25, 0.3) is 5.91 Å². The van der Waals surface area contributed by atoms with Crippen molar-refractivity contribution in [2.45, 2.75) is 25.3 Å². The molecule has 5 heteroatoms. The third-order valence-electron chi connectivity index (χ3n) is 3.88. The van der Waals surface area contributed by atoms with Crippen LogP contribution in [0.4, 0.5) is 0 Å². The fraction of sp³-hybridized carbons (Fsp3) is 0.375. The molecule has 1 fully saturated rings. The first kappa shape index (κ1) is 14.2. The molecule has 110 valence electrons. The van der Waals surface area contributed by atoms with Gasteiger partial charge in [-0.15, -0.1) is 11.3 Å². The molecule has 0 spiro atoms. The van der Waals surface area contributed by atoms with Crippen LogP contribution in [0, 0.1) is 0 Å². The van der Waals surface area contributed by atoms with Crippen LogP contribution in [0.5, 0.6) is 0 Å². The molecular weight excluding hydrogens is 282 g/mol. The molecule has 2 aromatic rings. The lowest BCUT2D eigenvalue weighted by atomic mass is 9.99. The Bertz CT molecular complexity index is 623. The third kappa shape index (κ3) is 2.99. The molecule has 3 rings (SSSR count). The van der Waals surface area contributed by atoms with Crippen LogP contribution in [0.15, 0.2) is 35.7 Å². The topological polar surface area (TPSA) is 59.2 Å². The van der Waals surface area contributed by atoms with E-state index in [4.69, 9.17) is 5.73 Å². The number of aromatic nitrogens is 1. The van der Waals surface area contributed by atoms with Gasteiger partial charge < -0.3 is 10.6 Å². The molecule has 0 saturated carbocycles. The van der Waals surface area contributed by atoms with Crippen LogP contribution in [0.3, 0.4) is 0 Å². The Balaban J connectivity index is 1.69. The number of nitrogens with two attached hydrogens (primary N) is 1. The molecule has 1 saturated heterocycles. The van der Waals surface area contributed by atoms with Crippen molar-refractivity contribution in [2.24, 2.45) is 5.73 Å². The zero-order chi connectivity index (χ0) is 14.8. The molecule has 1 amide bonds. The number of likely N-dealkylation sites (tertiary alicyclic amines) is 1. The van der Waals surface area contributed by atoms with Crippen LogP contribution in [0.1, 0.15) is 46.4 Å². The summed E-state index contributed by atoms with van der Waals surface area (Å²) in [4.78, 5) is 18.7. The van der Waals surface area contributed by atoms with Gasteiger partial charge in [-0.3, -0.25) is 4.79 Å². The Hall–Kier alpha value is -1.72. The molecule has 21 heavy (non-hydrogen) atoms. The highest BCUT2D eigenvalue weighted by atomic mass is 32.1. The van der Waals surface area contributed by atoms with Crippen LogP contribution in [-0.4, -0.2) is 28.9 Å². The van der Waals surface area contributed by atoms with E-state index in [0.29, 0.717) is 11.6 Å². The predicted octanol–water partition coefficient (Wildman–Crippen LogP) is 2.79.